The summed E-state index contributed by atoms with van der Waals surface area (Å²) in [6, 6.07) is 4.13. The van der Waals surface area contributed by atoms with Gasteiger partial charge in [-0.2, -0.15) is 0 Å². The number of hydrogen-bond acceptors (Lipinski definition) is 11. The van der Waals surface area contributed by atoms with Crippen LogP contribution < -0.4 is 20.9 Å². The van der Waals surface area contributed by atoms with Crippen molar-refractivity contribution in [3.8, 4) is 0 Å². The Bertz CT molecular complexity index is 1680. The molecular formula is C21H16N4O11S. The number of oxime groups is 1. The molecule has 2 aromatic rings. The van der Waals surface area contributed by atoms with E-state index in [9.17, 15) is 37.7 Å². The fourth-order valence-electron chi connectivity index (χ4n) is 4.26. The number of nitrogens with zero attached hydrogens (tertiary/aromatic N) is 2. The highest BCUT2D eigenvalue weighted by atomic mass is 32.2. The lowest BCUT2D eigenvalue weighted by molar-refractivity contribution is -0.383. The molecule has 0 radical (unpaired) electrons. The standard InChI is InChI=1S/C14H8N2O6S.C7H8N2O5/c15-23(21,22)13-3-1-2-8-9-6-12(18)11(17)5-7(9)4-10(14(8)13)16(19)20;10-6(11)3-2-1-8-4(7(12)13)5(2)14-9-3/h1-6H,(H2,15,21,22);2,4-5,8H,1H2,(H,10,11)(H,12,13)/t;2-,4+,5+/m.1/s1. The molecule has 3 aliphatic rings. The first-order chi connectivity index (χ1) is 17.3. The lowest BCUT2D eigenvalue weighted by Gasteiger charge is -2.10. The number of nitrogens with one attached hydrogen (secondary N) is 1. The van der Waals surface area contributed by atoms with Gasteiger partial charge < -0.3 is 20.4 Å². The number of aliphatic carboxylic acids is 2. The van der Waals surface area contributed by atoms with Crippen LogP contribution >= 0.6 is 0 Å². The van der Waals surface area contributed by atoms with Gasteiger partial charge in [0.15, 0.2) is 11.8 Å². The van der Waals surface area contributed by atoms with Crippen LogP contribution in [-0.2, 0) is 34.0 Å². The van der Waals surface area contributed by atoms with Crippen molar-refractivity contribution >= 4 is 67.9 Å². The molecule has 5 rings (SSSR count). The van der Waals surface area contributed by atoms with E-state index in [1.165, 1.54) is 12.1 Å². The van der Waals surface area contributed by atoms with Crippen LogP contribution in [-0.4, -0.2) is 71.5 Å². The topological polar surface area (TPSA) is 246 Å². The molecule has 0 bridgehead atoms. The maximum Gasteiger partial charge on any atom is 0.354 e. The number of carboxylic acids is 2. The zero-order chi connectivity index (χ0) is 27.2. The van der Waals surface area contributed by atoms with Crippen LogP contribution in [0.1, 0.15) is 0 Å². The zero-order valence-electron chi connectivity index (χ0n) is 18.4. The molecule has 1 saturated heterocycles. The first-order valence-corrected chi connectivity index (χ1v) is 11.8. The summed E-state index contributed by atoms with van der Waals surface area (Å²) < 4.78 is 23.4. The van der Waals surface area contributed by atoms with Crippen molar-refractivity contribution in [1.82, 2.24) is 5.32 Å². The first kappa shape index (κ1) is 25.5. The van der Waals surface area contributed by atoms with Gasteiger partial charge >= 0.3 is 11.9 Å². The minimum Gasteiger partial charge on any atom is -0.480 e. The Labute approximate surface area is 205 Å². The number of carbonyl (C=O) groups is 4. The minimum atomic E-state index is -4.22. The Balaban J connectivity index is 0.000000195. The summed E-state index contributed by atoms with van der Waals surface area (Å²) in [4.78, 5) is 59.3. The number of rotatable bonds is 4. The molecule has 2 heterocycles. The predicted octanol–water partition coefficient (Wildman–Crippen LogP) is -2.39. The zero-order valence-corrected chi connectivity index (χ0v) is 19.2. The number of fused-ring (bicyclic) bond motifs is 4. The second kappa shape index (κ2) is 9.16. The van der Waals surface area contributed by atoms with Crippen molar-refractivity contribution in [2.75, 3.05) is 6.54 Å². The highest BCUT2D eigenvalue weighted by Gasteiger charge is 2.50. The smallest absolute Gasteiger partial charge is 0.354 e. The Hall–Kier alpha value is -4.54. The molecule has 0 spiro atoms. The van der Waals surface area contributed by atoms with E-state index in [4.69, 9.17) is 20.2 Å². The fourth-order valence-corrected chi connectivity index (χ4v) is 5.03. The molecule has 0 amide bonds. The van der Waals surface area contributed by atoms with E-state index in [2.05, 4.69) is 10.5 Å². The quantitative estimate of drug-likeness (QED) is 0.183. The summed E-state index contributed by atoms with van der Waals surface area (Å²) in [5.41, 5.74) is -0.610. The maximum absolute atomic E-state index is 11.7. The van der Waals surface area contributed by atoms with Gasteiger partial charge in [-0.25, -0.2) is 18.4 Å². The summed E-state index contributed by atoms with van der Waals surface area (Å²) in [5.74, 6) is -4.26. The number of hydrogen-bond donors (Lipinski definition) is 4. The Morgan fingerprint density at radius 2 is 1.86 bits per heavy atom. The molecule has 192 valence electrons. The average Bonchev–Trinajstić information content (AvgIpc) is 3.41. The van der Waals surface area contributed by atoms with E-state index >= 15 is 0 Å². The molecule has 0 saturated carbocycles. The van der Waals surface area contributed by atoms with Crippen molar-refractivity contribution < 1.29 is 47.6 Å². The summed E-state index contributed by atoms with van der Waals surface area (Å²) in [6.07, 6.45) is 1.34. The monoisotopic (exact) mass is 532 g/mol. The van der Waals surface area contributed by atoms with Gasteiger partial charge in [0.2, 0.25) is 21.6 Å². The number of ketones is 2. The van der Waals surface area contributed by atoms with Gasteiger partial charge in [-0.1, -0.05) is 17.3 Å². The Kier molecular flexibility index (Phi) is 6.32. The molecule has 5 N–H and O–H groups in total. The van der Waals surface area contributed by atoms with E-state index in [0.29, 0.717) is 0 Å². The molecule has 0 aromatic heterocycles. The van der Waals surface area contributed by atoms with E-state index in [1.54, 1.807) is 0 Å². The fraction of sp³-hybridized carbons (Fsp3) is 0.190. The number of nitro groups is 1. The van der Waals surface area contributed by atoms with Crippen molar-refractivity contribution in [1.29, 1.82) is 0 Å². The van der Waals surface area contributed by atoms with Crippen LogP contribution in [0.3, 0.4) is 0 Å². The van der Waals surface area contributed by atoms with E-state index in [-0.39, 0.29) is 33.5 Å². The van der Waals surface area contributed by atoms with Crippen LogP contribution in [0.15, 0.2) is 34.3 Å². The van der Waals surface area contributed by atoms with Crippen LogP contribution in [0.4, 0.5) is 5.69 Å². The second-order valence-corrected chi connectivity index (χ2v) is 9.61. The third kappa shape index (κ3) is 4.55. The number of primary sulfonamides is 1. The lowest BCUT2D eigenvalue weighted by atomic mass is 9.97. The van der Waals surface area contributed by atoms with Crippen molar-refractivity contribution in [2.45, 2.75) is 17.0 Å². The van der Waals surface area contributed by atoms with Gasteiger partial charge in [-0.3, -0.25) is 24.5 Å². The first-order valence-electron chi connectivity index (χ1n) is 10.3. The Morgan fingerprint density at radius 1 is 1.19 bits per heavy atom. The molecule has 2 aliphatic heterocycles. The maximum atomic E-state index is 11.7. The largest absolute Gasteiger partial charge is 0.480 e. The minimum absolute atomic E-state index is 0.105. The molecule has 1 fully saturated rings. The normalized spacial score (nSPS) is 21.9. The van der Waals surface area contributed by atoms with Crippen molar-refractivity contribution in [3.05, 3.63) is 44.8 Å². The summed E-state index contributed by atoms with van der Waals surface area (Å²) in [7, 11) is -4.22. The van der Waals surface area contributed by atoms with Crippen molar-refractivity contribution in [3.63, 3.8) is 0 Å². The van der Waals surface area contributed by atoms with Crippen LogP contribution in [0.2, 0.25) is 0 Å². The van der Waals surface area contributed by atoms with Crippen LogP contribution in [0.25, 0.3) is 22.9 Å². The number of Topliss-reactive ketones (excluding diaryl/α,β-unsaturated/α-hetero) is 2. The molecule has 15 nitrogen and oxygen atoms in total. The lowest BCUT2D eigenvalue weighted by Crippen LogP contribution is -2.39. The van der Waals surface area contributed by atoms with Gasteiger partial charge in [0.1, 0.15) is 6.04 Å². The second-order valence-electron chi connectivity index (χ2n) is 8.08. The summed E-state index contributed by atoms with van der Waals surface area (Å²) in [6.45, 7) is 0.271. The highest BCUT2D eigenvalue weighted by molar-refractivity contribution is 7.89. The molecule has 1 aliphatic carbocycles. The number of carboxylic acid groups (broad SMARTS) is 2. The molecule has 0 unspecified atom stereocenters. The molecular weight excluding hydrogens is 516 g/mol. The van der Waals surface area contributed by atoms with Crippen molar-refractivity contribution in [2.24, 2.45) is 16.2 Å². The number of nitrogens with two attached hydrogens (primary N) is 1. The van der Waals surface area contributed by atoms with Gasteiger partial charge in [0.25, 0.3) is 5.69 Å². The highest BCUT2D eigenvalue weighted by Crippen LogP contribution is 2.28. The molecule has 16 heteroatoms. The van der Waals surface area contributed by atoms with Crippen LogP contribution in [0, 0.1) is 16.0 Å². The van der Waals surface area contributed by atoms with Crippen LogP contribution in [0.5, 0.6) is 0 Å². The average molecular weight is 532 g/mol. The number of benzene rings is 2. The third-order valence-corrected chi connectivity index (χ3v) is 6.83. The van der Waals surface area contributed by atoms with Gasteiger partial charge in [-0.05, 0) is 34.0 Å². The number of carbonyl (C=O) groups excluding carboxylic acids is 2. The van der Waals surface area contributed by atoms with Gasteiger partial charge in [0.05, 0.1) is 21.1 Å². The SMILES string of the molecule is NS(=O)(=O)c1cccc2c3c(cc([N+](=O)[O-])c12)=CC(=O)C(=O)C=3.O=C(O)C1=NO[C@H]2[C@@H]1CN[C@@H]2C(=O)O. The van der Waals surface area contributed by atoms with Gasteiger partial charge in [0, 0.05) is 12.6 Å². The molecule has 2 aromatic carbocycles. The van der Waals surface area contributed by atoms with Gasteiger partial charge in [-0.15, -0.1) is 0 Å². The Morgan fingerprint density at radius 3 is 2.46 bits per heavy atom. The van der Waals surface area contributed by atoms with E-state index in [0.717, 1.165) is 24.3 Å². The molecule has 37 heavy (non-hydrogen) atoms. The summed E-state index contributed by atoms with van der Waals surface area (Å²) in [5, 5.41) is 40.3. The number of nitro benzene ring substituents is 1. The third-order valence-electron chi connectivity index (χ3n) is 5.88. The molecule has 3 atom stereocenters. The number of non-ortho nitro benzene ring substituents is 1. The number of sulfonamides is 1. The predicted molar refractivity (Wildman–Crippen MR) is 123 cm³/mol. The van der Waals surface area contributed by atoms with E-state index < -0.39 is 67.1 Å². The van der Waals surface area contributed by atoms with E-state index in [1.807, 2.05) is 0 Å². The summed E-state index contributed by atoms with van der Waals surface area (Å²) >= 11 is 0.